The zero-order chi connectivity index (χ0) is 19.8. The summed E-state index contributed by atoms with van der Waals surface area (Å²) in [7, 11) is 0. The molecular weight excluding hydrogens is 358 g/mol. The van der Waals surface area contributed by atoms with Crippen molar-refractivity contribution in [1.82, 2.24) is 4.98 Å². The molecule has 6 nitrogen and oxygen atoms in total. The van der Waals surface area contributed by atoms with Crippen LogP contribution >= 0.6 is 0 Å². The maximum absolute atomic E-state index is 12.4. The predicted octanol–water partition coefficient (Wildman–Crippen LogP) is 3.61. The minimum Gasteiger partial charge on any atom is -0.457 e. The van der Waals surface area contributed by atoms with E-state index in [4.69, 9.17) is 9.47 Å². The molecule has 1 aromatic heterocycles. The largest absolute Gasteiger partial charge is 0.457 e. The summed E-state index contributed by atoms with van der Waals surface area (Å²) in [5, 5.41) is 0. The van der Waals surface area contributed by atoms with Gasteiger partial charge in [0, 0.05) is 6.20 Å². The van der Waals surface area contributed by atoms with Gasteiger partial charge in [-0.25, -0.2) is 14.6 Å². The number of carbonyl (C=O) groups is 3. The van der Waals surface area contributed by atoms with Crippen LogP contribution in [-0.2, 0) is 22.7 Å². The molecule has 0 saturated carbocycles. The number of rotatable bonds is 7. The van der Waals surface area contributed by atoms with E-state index in [-0.39, 0.29) is 30.0 Å². The Kier molecular flexibility index (Phi) is 6.25. The fraction of sp³-hybridized carbons (Fsp3) is 0.0909. The standard InChI is InChI=1S/C22H17NO5/c24-13-19-18(21(25)27-14-16-7-3-1-4-8-16)11-12-23-20(19)22(26)28-15-17-9-5-2-6-10-17/h1-13H,14-15H2. The molecule has 0 radical (unpaired) electrons. The van der Waals surface area contributed by atoms with Gasteiger partial charge in [-0.15, -0.1) is 0 Å². The molecule has 28 heavy (non-hydrogen) atoms. The number of aromatic nitrogens is 1. The quantitative estimate of drug-likeness (QED) is 0.463. The zero-order valence-electron chi connectivity index (χ0n) is 14.9. The summed E-state index contributed by atoms with van der Waals surface area (Å²) >= 11 is 0. The number of ether oxygens (including phenoxy) is 2. The fourth-order valence-electron chi connectivity index (χ4n) is 2.53. The lowest BCUT2D eigenvalue weighted by Crippen LogP contribution is -2.16. The second-order valence-electron chi connectivity index (χ2n) is 5.86. The predicted molar refractivity (Wildman–Crippen MR) is 101 cm³/mol. The van der Waals surface area contributed by atoms with Gasteiger partial charge in [0.1, 0.15) is 13.2 Å². The molecule has 1 heterocycles. The van der Waals surface area contributed by atoms with E-state index in [1.165, 1.54) is 12.3 Å². The van der Waals surface area contributed by atoms with Crippen molar-refractivity contribution in [3.63, 3.8) is 0 Å². The SMILES string of the molecule is O=Cc1c(C(=O)OCc2ccccc2)ccnc1C(=O)OCc1ccccc1. The van der Waals surface area contributed by atoms with Gasteiger partial charge >= 0.3 is 11.9 Å². The fourth-order valence-corrected chi connectivity index (χ4v) is 2.53. The van der Waals surface area contributed by atoms with Gasteiger partial charge in [-0.1, -0.05) is 60.7 Å². The Morgan fingerprint density at radius 2 is 1.32 bits per heavy atom. The number of pyridine rings is 1. The summed E-state index contributed by atoms with van der Waals surface area (Å²) in [6, 6.07) is 19.6. The van der Waals surface area contributed by atoms with Gasteiger partial charge in [-0.2, -0.15) is 0 Å². The highest BCUT2D eigenvalue weighted by Gasteiger charge is 2.22. The van der Waals surface area contributed by atoms with Gasteiger partial charge in [0.05, 0.1) is 11.1 Å². The van der Waals surface area contributed by atoms with E-state index in [1.807, 2.05) is 48.5 Å². The van der Waals surface area contributed by atoms with E-state index < -0.39 is 11.9 Å². The first-order valence-electron chi connectivity index (χ1n) is 8.55. The van der Waals surface area contributed by atoms with Gasteiger partial charge in [-0.3, -0.25) is 4.79 Å². The zero-order valence-corrected chi connectivity index (χ0v) is 14.9. The molecule has 0 aliphatic rings. The Morgan fingerprint density at radius 1 is 0.786 bits per heavy atom. The van der Waals surface area contributed by atoms with Crippen molar-refractivity contribution in [2.75, 3.05) is 0 Å². The Hall–Kier alpha value is -3.80. The Bertz CT molecular complexity index is 897. The first-order valence-corrected chi connectivity index (χ1v) is 8.55. The summed E-state index contributed by atoms with van der Waals surface area (Å²) in [6.07, 6.45) is 1.68. The van der Waals surface area contributed by atoms with E-state index in [2.05, 4.69) is 4.98 Å². The molecule has 0 amide bonds. The van der Waals surface area contributed by atoms with E-state index in [0.29, 0.717) is 6.29 Å². The molecule has 0 N–H and O–H groups in total. The lowest BCUT2D eigenvalue weighted by Gasteiger charge is -2.10. The van der Waals surface area contributed by atoms with Crippen LogP contribution < -0.4 is 0 Å². The minimum absolute atomic E-state index is 0.0301. The molecule has 2 aromatic carbocycles. The van der Waals surface area contributed by atoms with Crippen LogP contribution in [0.4, 0.5) is 0 Å². The van der Waals surface area contributed by atoms with Crippen LogP contribution in [-0.4, -0.2) is 23.2 Å². The molecule has 0 unspecified atom stereocenters. The first kappa shape index (κ1) is 19.0. The molecule has 6 heteroatoms. The van der Waals surface area contributed by atoms with Crippen molar-refractivity contribution in [2.45, 2.75) is 13.2 Å². The van der Waals surface area contributed by atoms with Crippen LogP contribution in [0.1, 0.15) is 42.3 Å². The maximum Gasteiger partial charge on any atom is 0.358 e. The van der Waals surface area contributed by atoms with Crippen LogP contribution in [0.5, 0.6) is 0 Å². The average Bonchev–Trinajstić information content (AvgIpc) is 2.76. The molecule has 0 spiro atoms. The van der Waals surface area contributed by atoms with Gasteiger partial charge in [0.2, 0.25) is 0 Å². The van der Waals surface area contributed by atoms with Crippen LogP contribution in [0.3, 0.4) is 0 Å². The molecule has 0 atom stereocenters. The summed E-state index contributed by atoms with van der Waals surface area (Å²) in [6.45, 7) is 0.0798. The van der Waals surface area contributed by atoms with E-state index >= 15 is 0 Å². The second kappa shape index (κ2) is 9.23. The van der Waals surface area contributed by atoms with Crippen molar-refractivity contribution in [1.29, 1.82) is 0 Å². The number of benzene rings is 2. The molecular formula is C22H17NO5. The van der Waals surface area contributed by atoms with Crippen LogP contribution in [0.15, 0.2) is 72.9 Å². The number of hydrogen-bond acceptors (Lipinski definition) is 6. The first-order chi connectivity index (χ1) is 13.7. The highest BCUT2D eigenvalue weighted by atomic mass is 16.5. The number of aldehydes is 1. The molecule has 3 rings (SSSR count). The van der Waals surface area contributed by atoms with Gasteiger partial charge in [-0.05, 0) is 17.2 Å². The topological polar surface area (TPSA) is 82.6 Å². The minimum atomic E-state index is -0.788. The van der Waals surface area contributed by atoms with E-state index in [9.17, 15) is 14.4 Å². The third-order valence-corrected chi connectivity index (χ3v) is 3.95. The summed E-state index contributed by atoms with van der Waals surface area (Å²) in [5.74, 6) is -1.51. The van der Waals surface area contributed by atoms with Crippen molar-refractivity contribution >= 4 is 18.2 Å². The number of esters is 2. The van der Waals surface area contributed by atoms with E-state index in [1.54, 1.807) is 12.1 Å². The Morgan fingerprint density at radius 3 is 1.86 bits per heavy atom. The Labute approximate surface area is 161 Å². The monoisotopic (exact) mass is 375 g/mol. The van der Waals surface area contributed by atoms with Crippen molar-refractivity contribution in [3.8, 4) is 0 Å². The second-order valence-corrected chi connectivity index (χ2v) is 5.86. The smallest absolute Gasteiger partial charge is 0.358 e. The van der Waals surface area contributed by atoms with Gasteiger partial charge in [0.15, 0.2) is 12.0 Å². The molecule has 0 saturated heterocycles. The molecule has 0 fully saturated rings. The molecule has 3 aromatic rings. The summed E-state index contributed by atoms with van der Waals surface area (Å²) in [5.41, 5.74) is 1.19. The van der Waals surface area contributed by atoms with Crippen LogP contribution in [0.25, 0.3) is 0 Å². The van der Waals surface area contributed by atoms with E-state index in [0.717, 1.165) is 11.1 Å². The van der Waals surface area contributed by atoms with Crippen LogP contribution in [0, 0.1) is 0 Å². The van der Waals surface area contributed by atoms with Crippen LogP contribution in [0.2, 0.25) is 0 Å². The third kappa shape index (κ3) is 4.67. The highest BCUT2D eigenvalue weighted by Crippen LogP contribution is 2.15. The molecule has 0 aliphatic heterocycles. The van der Waals surface area contributed by atoms with Crippen molar-refractivity contribution in [3.05, 3.63) is 101 Å². The van der Waals surface area contributed by atoms with Crippen molar-refractivity contribution < 1.29 is 23.9 Å². The lowest BCUT2D eigenvalue weighted by molar-refractivity contribution is 0.0461. The lowest BCUT2D eigenvalue weighted by atomic mass is 10.1. The third-order valence-electron chi connectivity index (χ3n) is 3.95. The normalized spacial score (nSPS) is 10.1. The molecule has 0 bridgehead atoms. The number of hydrogen-bond donors (Lipinski definition) is 0. The van der Waals surface area contributed by atoms with Crippen molar-refractivity contribution in [2.24, 2.45) is 0 Å². The average molecular weight is 375 g/mol. The Balaban J connectivity index is 1.73. The van der Waals surface area contributed by atoms with Gasteiger partial charge in [0.25, 0.3) is 0 Å². The highest BCUT2D eigenvalue weighted by molar-refractivity contribution is 6.05. The molecule has 140 valence electrons. The molecule has 0 aliphatic carbocycles. The summed E-state index contributed by atoms with van der Waals surface area (Å²) < 4.78 is 10.5. The number of carbonyl (C=O) groups excluding carboxylic acids is 3. The number of nitrogens with zero attached hydrogens (tertiary/aromatic N) is 1. The maximum atomic E-state index is 12.4. The summed E-state index contributed by atoms with van der Waals surface area (Å²) in [4.78, 5) is 40.2. The van der Waals surface area contributed by atoms with Gasteiger partial charge < -0.3 is 9.47 Å².